The van der Waals surface area contributed by atoms with E-state index in [0.29, 0.717) is 6.54 Å². The van der Waals surface area contributed by atoms with Gasteiger partial charge < -0.3 is 20.3 Å². The van der Waals surface area contributed by atoms with E-state index in [1.54, 1.807) is 25.5 Å². The third-order valence-corrected chi connectivity index (χ3v) is 4.45. The molecule has 134 valence electrons. The summed E-state index contributed by atoms with van der Waals surface area (Å²) in [7, 11) is 5.65. The number of aliphatic imine (C=N–C) groups is 1. The molecule has 1 heterocycles. The molecule has 0 bridgehead atoms. The van der Waals surface area contributed by atoms with E-state index in [-0.39, 0.29) is 24.0 Å². The number of halogens is 1. The summed E-state index contributed by atoms with van der Waals surface area (Å²) in [4.78, 5) is 12.3. The Kier molecular flexibility index (Phi) is 12.7. The van der Waals surface area contributed by atoms with Crippen LogP contribution < -0.4 is 10.6 Å². The lowest BCUT2D eigenvalue weighted by atomic mass is 10.4. The maximum absolute atomic E-state index is 5.06. The van der Waals surface area contributed by atoms with Crippen molar-refractivity contribution < 1.29 is 4.74 Å². The number of nitrogens with zero attached hydrogens (tertiary/aromatic N) is 3. The quantitative estimate of drug-likeness (QED) is 0.258. The number of aromatic nitrogens is 1. The van der Waals surface area contributed by atoms with Gasteiger partial charge in [-0.2, -0.15) is 0 Å². The van der Waals surface area contributed by atoms with Crippen molar-refractivity contribution in [3.63, 3.8) is 0 Å². The van der Waals surface area contributed by atoms with Crippen LogP contribution in [-0.2, 0) is 11.3 Å². The van der Waals surface area contributed by atoms with E-state index in [1.165, 1.54) is 4.88 Å². The van der Waals surface area contributed by atoms with E-state index in [2.05, 4.69) is 39.5 Å². The van der Waals surface area contributed by atoms with Gasteiger partial charge in [0.15, 0.2) is 5.96 Å². The smallest absolute Gasteiger partial charge is 0.191 e. The van der Waals surface area contributed by atoms with Crippen LogP contribution in [-0.4, -0.2) is 63.3 Å². The number of likely N-dealkylation sites (N-methyl/N-ethyl adjacent to an activating group) is 1. The lowest BCUT2D eigenvalue weighted by molar-refractivity contribution is 0.180. The van der Waals surface area contributed by atoms with Gasteiger partial charge in [0.1, 0.15) is 5.01 Å². The lowest BCUT2D eigenvalue weighted by Crippen LogP contribution is -2.40. The number of guanidine groups is 1. The molecule has 0 unspecified atom stereocenters. The van der Waals surface area contributed by atoms with E-state index in [0.717, 1.165) is 49.3 Å². The van der Waals surface area contributed by atoms with Crippen molar-refractivity contribution >= 4 is 41.3 Å². The molecule has 1 aromatic heterocycles. The van der Waals surface area contributed by atoms with Crippen molar-refractivity contribution in [1.82, 2.24) is 20.5 Å². The van der Waals surface area contributed by atoms with Crippen molar-refractivity contribution in [3.8, 4) is 0 Å². The summed E-state index contributed by atoms with van der Waals surface area (Å²) in [6.07, 6.45) is 1.06. The normalized spacial score (nSPS) is 11.5. The minimum atomic E-state index is 0. The fraction of sp³-hybridized carbons (Fsp3) is 0.733. The Labute approximate surface area is 161 Å². The van der Waals surface area contributed by atoms with E-state index < -0.39 is 0 Å². The summed E-state index contributed by atoms with van der Waals surface area (Å²) in [6, 6.07) is 0. The molecule has 8 heteroatoms. The van der Waals surface area contributed by atoms with E-state index >= 15 is 0 Å². The van der Waals surface area contributed by atoms with Gasteiger partial charge in [-0.05, 0) is 27.3 Å². The highest BCUT2D eigenvalue weighted by molar-refractivity contribution is 14.0. The highest BCUT2D eigenvalue weighted by Gasteiger charge is 2.05. The van der Waals surface area contributed by atoms with Crippen LogP contribution in [0.2, 0.25) is 0 Å². The summed E-state index contributed by atoms with van der Waals surface area (Å²) < 4.78 is 5.06. The SMILES string of the molecule is CN=C(NCCN(C)CCCOC)NCc1nc(C)c(C)s1.I. The maximum atomic E-state index is 5.06. The minimum Gasteiger partial charge on any atom is -0.385 e. The molecule has 0 aromatic carbocycles. The Bertz CT molecular complexity index is 447. The van der Waals surface area contributed by atoms with Gasteiger partial charge in [-0.3, -0.25) is 4.99 Å². The average Bonchev–Trinajstić information content (AvgIpc) is 2.81. The molecule has 6 nitrogen and oxygen atoms in total. The van der Waals surface area contributed by atoms with Crippen LogP contribution in [0.25, 0.3) is 0 Å². The van der Waals surface area contributed by atoms with Gasteiger partial charge in [0.2, 0.25) is 0 Å². The zero-order chi connectivity index (χ0) is 16.4. The van der Waals surface area contributed by atoms with Gasteiger partial charge in [0, 0.05) is 45.3 Å². The van der Waals surface area contributed by atoms with Gasteiger partial charge in [0.25, 0.3) is 0 Å². The summed E-state index contributed by atoms with van der Waals surface area (Å²) in [6.45, 7) is 8.54. The predicted octanol–water partition coefficient (Wildman–Crippen LogP) is 2.01. The number of rotatable bonds is 9. The predicted molar refractivity (Wildman–Crippen MR) is 109 cm³/mol. The molecule has 0 aliphatic carbocycles. The third-order valence-electron chi connectivity index (χ3n) is 3.38. The Hall–Kier alpha value is -0.450. The molecule has 0 spiro atoms. The van der Waals surface area contributed by atoms with Crippen molar-refractivity contribution in [1.29, 1.82) is 0 Å². The molecule has 1 aromatic rings. The molecule has 0 saturated heterocycles. The fourth-order valence-corrected chi connectivity index (χ4v) is 2.82. The first kappa shape index (κ1) is 22.6. The Morgan fingerprint density at radius 2 is 2.04 bits per heavy atom. The number of ether oxygens (including phenoxy) is 1. The van der Waals surface area contributed by atoms with Crippen LogP contribution in [0.1, 0.15) is 22.0 Å². The first-order valence-corrected chi connectivity index (χ1v) is 8.43. The number of aryl methyl sites for hydroxylation is 2. The molecule has 1 rings (SSSR count). The number of nitrogens with one attached hydrogen (secondary N) is 2. The zero-order valence-corrected chi connectivity index (χ0v) is 18.0. The summed E-state index contributed by atoms with van der Waals surface area (Å²) in [5.41, 5.74) is 1.11. The Balaban J connectivity index is 0.00000484. The zero-order valence-electron chi connectivity index (χ0n) is 14.8. The molecule has 0 aliphatic heterocycles. The highest BCUT2D eigenvalue weighted by Crippen LogP contribution is 2.15. The molecular formula is C15H30IN5OS. The van der Waals surface area contributed by atoms with E-state index in [9.17, 15) is 0 Å². The highest BCUT2D eigenvalue weighted by atomic mass is 127. The van der Waals surface area contributed by atoms with Crippen LogP contribution in [0.15, 0.2) is 4.99 Å². The number of methoxy groups -OCH3 is 1. The van der Waals surface area contributed by atoms with E-state index in [1.807, 2.05) is 6.92 Å². The lowest BCUT2D eigenvalue weighted by Gasteiger charge is -2.17. The van der Waals surface area contributed by atoms with Crippen LogP contribution in [0.5, 0.6) is 0 Å². The molecule has 0 fully saturated rings. The fourth-order valence-electron chi connectivity index (χ4n) is 1.95. The summed E-state index contributed by atoms with van der Waals surface area (Å²) >= 11 is 1.73. The van der Waals surface area contributed by atoms with Crippen molar-refractivity contribution in [2.24, 2.45) is 4.99 Å². The monoisotopic (exact) mass is 455 g/mol. The maximum Gasteiger partial charge on any atom is 0.191 e. The van der Waals surface area contributed by atoms with Crippen molar-refractivity contribution in [2.45, 2.75) is 26.8 Å². The Morgan fingerprint density at radius 3 is 2.61 bits per heavy atom. The first-order valence-electron chi connectivity index (χ1n) is 7.61. The molecule has 0 radical (unpaired) electrons. The van der Waals surface area contributed by atoms with E-state index in [4.69, 9.17) is 4.74 Å². The Morgan fingerprint density at radius 1 is 1.30 bits per heavy atom. The van der Waals surface area contributed by atoms with Crippen molar-refractivity contribution in [2.75, 3.05) is 47.4 Å². The first-order chi connectivity index (χ1) is 10.6. The third kappa shape index (κ3) is 9.43. The number of hydrogen-bond donors (Lipinski definition) is 2. The summed E-state index contributed by atoms with van der Waals surface area (Å²) in [5, 5.41) is 7.72. The number of hydrogen-bond acceptors (Lipinski definition) is 5. The van der Waals surface area contributed by atoms with Crippen LogP contribution in [0, 0.1) is 13.8 Å². The van der Waals surface area contributed by atoms with Crippen LogP contribution in [0.3, 0.4) is 0 Å². The van der Waals surface area contributed by atoms with Crippen LogP contribution in [0.4, 0.5) is 0 Å². The average molecular weight is 455 g/mol. The number of thiazole rings is 1. The molecule has 2 N–H and O–H groups in total. The second kappa shape index (κ2) is 12.9. The van der Waals surface area contributed by atoms with Gasteiger partial charge in [-0.1, -0.05) is 0 Å². The van der Waals surface area contributed by atoms with Crippen molar-refractivity contribution in [3.05, 3.63) is 15.6 Å². The topological polar surface area (TPSA) is 61.8 Å². The largest absolute Gasteiger partial charge is 0.385 e. The minimum absolute atomic E-state index is 0. The standard InChI is InChI=1S/C15H29N5OS.HI/c1-12-13(2)22-14(19-12)11-18-15(16-3)17-7-9-20(4)8-6-10-21-5;/h6-11H2,1-5H3,(H2,16,17,18);1H. The molecule has 0 saturated carbocycles. The second-order valence-corrected chi connectivity index (χ2v) is 6.54. The van der Waals surface area contributed by atoms with Gasteiger partial charge in [-0.15, -0.1) is 35.3 Å². The molecule has 0 aliphatic rings. The molecule has 0 atom stereocenters. The van der Waals surface area contributed by atoms with Gasteiger partial charge in [-0.25, -0.2) is 4.98 Å². The molecular weight excluding hydrogens is 425 g/mol. The van der Waals surface area contributed by atoms with Gasteiger partial charge >= 0.3 is 0 Å². The summed E-state index contributed by atoms with van der Waals surface area (Å²) in [5.74, 6) is 0.816. The second-order valence-electron chi connectivity index (χ2n) is 5.25. The molecule has 0 amide bonds. The molecule has 23 heavy (non-hydrogen) atoms. The van der Waals surface area contributed by atoms with Gasteiger partial charge in [0.05, 0.1) is 12.2 Å². The van der Waals surface area contributed by atoms with Crippen LogP contribution >= 0.6 is 35.3 Å².